The molecule has 9 aromatic carbocycles. The number of fused-ring (bicyclic) bond motifs is 3. The molecular formula is C54H34N4O. The van der Waals surface area contributed by atoms with Crippen LogP contribution in [0.15, 0.2) is 211 Å². The lowest BCUT2D eigenvalue weighted by molar-refractivity contribution is 0.584. The zero-order valence-corrected chi connectivity index (χ0v) is 31.8. The minimum Gasteiger partial charge on any atom is -0.416 e. The predicted octanol–water partition coefficient (Wildman–Crippen LogP) is 14.0. The molecule has 0 bridgehead atoms. The monoisotopic (exact) mass is 754 g/mol. The molecule has 0 fully saturated rings. The molecule has 2 heterocycles. The molecule has 0 spiro atoms. The van der Waals surface area contributed by atoms with Crippen molar-refractivity contribution in [3.05, 3.63) is 206 Å². The maximum atomic E-state index is 6.01. The lowest BCUT2D eigenvalue weighted by Crippen LogP contribution is -1.99. The van der Waals surface area contributed by atoms with Gasteiger partial charge in [0.2, 0.25) is 11.8 Å². The molecule has 5 heteroatoms. The molecule has 0 aliphatic heterocycles. The summed E-state index contributed by atoms with van der Waals surface area (Å²) in [6, 6.07) is 71.7. The lowest BCUT2D eigenvalue weighted by atomic mass is 9.94. The van der Waals surface area contributed by atoms with Gasteiger partial charge in [-0.15, -0.1) is 10.2 Å². The molecule has 0 saturated carbocycles. The van der Waals surface area contributed by atoms with Crippen molar-refractivity contribution in [2.24, 2.45) is 0 Å². The number of rotatable bonds is 7. The Morgan fingerprint density at radius 2 is 0.627 bits per heavy atom. The minimum absolute atomic E-state index is 0.487. The van der Waals surface area contributed by atoms with Crippen LogP contribution in [0.2, 0.25) is 0 Å². The van der Waals surface area contributed by atoms with Crippen LogP contribution in [0.5, 0.6) is 0 Å². The predicted molar refractivity (Wildman–Crippen MR) is 240 cm³/mol. The molecule has 0 amide bonds. The van der Waals surface area contributed by atoms with Crippen LogP contribution in [0.3, 0.4) is 0 Å². The third-order valence-electron chi connectivity index (χ3n) is 11.1. The van der Waals surface area contributed by atoms with E-state index in [4.69, 9.17) is 14.4 Å². The molecule has 0 radical (unpaired) electrons. The summed E-state index contributed by atoms with van der Waals surface area (Å²) >= 11 is 0. The Morgan fingerprint density at radius 3 is 1.12 bits per heavy atom. The van der Waals surface area contributed by atoms with Crippen molar-refractivity contribution in [3.8, 4) is 78.8 Å². The average Bonchev–Trinajstić information content (AvgIpc) is 3.82. The largest absolute Gasteiger partial charge is 0.416 e. The highest BCUT2D eigenvalue weighted by Crippen LogP contribution is 2.40. The molecular weight excluding hydrogens is 721 g/mol. The Kier molecular flexibility index (Phi) is 8.41. The topological polar surface area (TPSA) is 64.7 Å². The summed E-state index contributed by atoms with van der Waals surface area (Å²) in [7, 11) is 0. The first-order chi connectivity index (χ1) is 29.2. The van der Waals surface area contributed by atoms with Gasteiger partial charge >= 0.3 is 0 Å². The van der Waals surface area contributed by atoms with E-state index in [1.165, 1.54) is 21.5 Å². The molecule has 0 unspecified atom stereocenters. The van der Waals surface area contributed by atoms with Crippen molar-refractivity contribution in [3.63, 3.8) is 0 Å². The van der Waals surface area contributed by atoms with Gasteiger partial charge < -0.3 is 4.42 Å². The molecule has 0 aliphatic rings. The molecule has 0 aliphatic carbocycles. The smallest absolute Gasteiger partial charge is 0.248 e. The van der Waals surface area contributed by atoms with Gasteiger partial charge in [-0.2, -0.15) is 0 Å². The number of benzene rings is 9. The second-order valence-corrected chi connectivity index (χ2v) is 14.7. The summed E-state index contributed by atoms with van der Waals surface area (Å²) in [4.78, 5) is 11.2. The van der Waals surface area contributed by atoms with E-state index in [-0.39, 0.29) is 0 Å². The molecule has 276 valence electrons. The molecule has 11 rings (SSSR count). The summed E-state index contributed by atoms with van der Waals surface area (Å²) in [6.07, 6.45) is 0. The average molecular weight is 755 g/mol. The van der Waals surface area contributed by atoms with Crippen molar-refractivity contribution in [1.29, 1.82) is 0 Å². The van der Waals surface area contributed by atoms with E-state index in [9.17, 15) is 0 Å². The summed E-state index contributed by atoms with van der Waals surface area (Å²) in [5, 5.41) is 13.4. The third-order valence-corrected chi connectivity index (χ3v) is 11.1. The Morgan fingerprint density at radius 1 is 0.271 bits per heavy atom. The van der Waals surface area contributed by atoms with E-state index in [2.05, 4.69) is 168 Å². The number of aromatic nitrogens is 4. The lowest BCUT2D eigenvalue weighted by Gasteiger charge is -2.16. The van der Waals surface area contributed by atoms with Gasteiger partial charge in [0.25, 0.3) is 0 Å². The molecule has 2 aromatic heterocycles. The highest BCUT2D eigenvalue weighted by Gasteiger charge is 2.20. The Labute approximate surface area is 341 Å². The van der Waals surface area contributed by atoms with Gasteiger partial charge in [-0.25, -0.2) is 9.97 Å². The van der Waals surface area contributed by atoms with Gasteiger partial charge in [0, 0.05) is 33.4 Å². The van der Waals surface area contributed by atoms with Crippen LogP contribution in [0.1, 0.15) is 0 Å². The van der Waals surface area contributed by atoms with Crippen molar-refractivity contribution in [1.82, 2.24) is 20.2 Å². The zero-order valence-electron chi connectivity index (χ0n) is 31.8. The van der Waals surface area contributed by atoms with Crippen LogP contribution in [0.4, 0.5) is 0 Å². The number of hydrogen-bond donors (Lipinski definition) is 0. The van der Waals surface area contributed by atoms with Gasteiger partial charge in [0.1, 0.15) is 0 Å². The fraction of sp³-hybridized carbons (Fsp3) is 0. The van der Waals surface area contributed by atoms with Gasteiger partial charge in [0.15, 0.2) is 0 Å². The zero-order chi connectivity index (χ0) is 39.1. The number of nitrogens with zero attached hydrogens (tertiary/aromatic N) is 4. The van der Waals surface area contributed by atoms with Gasteiger partial charge in [-0.05, 0) is 80.2 Å². The summed E-state index contributed by atoms with van der Waals surface area (Å²) in [5.74, 6) is 0.988. The Bertz CT molecular complexity index is 3300. The first-order valence-corrected chi connectivity index (χ1v) is 19.7. The molecule has 0 saturated heterocycles. The minimum atomic E-state index is 0.487. The van der Waals surface area contributed by atoms with Crippen LogP contribution in [0, 0.1) is 0 Å². The van der Waals surface area contributed by atoms with Crippen LogP contribution in [-0.4, -0.2) is 20.2 Å². The molecule has 0 N–H and O–H groups in total. The van der Waals surface area contributed by atoms with Crippen LogP contribution >= 0.6 is 0 Å². The maximum Gasteiger partial charge on any atom is 0.248 e. The van der Waals surface area contributed by atoms with Crippen LogP contribution < -0.4 is 0 Å². The van der Waals surface area contributed by atoms with E-state index in [1.54, 1.807) is 0 Å². The summed E-state index contributed by atoms with van der Waals surface area (Å²) < 4.78 is 6.01. The van der Waals surface area contributed by atoms with E-state index in [1.807, 2.05) is 48.5 Å². The highest BCUT2D eigenvalue weighted by molar-refractivity contribution is 6.05. The van der Waals surface area contributed by atoms with Crippen LogP contribution in [-0.2, 0) is 0 Å². The van der Waals surface area contributed by atoms with E-state index in [0.717, 1.165) is 78.1 Å². The maximum absolute atomic E-state index is 6.01. The van der Waals surface area contributed by atoms with E-state index < -0.39 is 0 Å². The fourth-order valence-corrected chi connectivity index (χ4v) is 7.98. The molecule has 11 aromatic rings. The SMILES string of the molecule is c1ccc(-c2nnc(-c3ccc(-c4ccc(-c5nc6c(-c7ccc8ccccc8c7)ccc(-c7ccc8ccccc8c7)c6nc5-c5ccccc5)cc4)cc3)o2)cc1. The van der Waals surface area contributed by atoms with Gasteiger partial charge in [-0.3, -0.25) is 0 Å². The fourth-order valence-electron chi connectivity index (χ4n) is 7.98. The third kappa shape index (κ3) is 6.41. The first kappa shape index (κ1) is 34.2. The van der Waals surface area contributed by atoms with Crippen molar-refractivity contribution in [2.45, 2.75) is 0 Å². The molecule has 59 heavy (non-hydrogen) atoms. The standard InChI is InChI=1S/C54H34N4O/c1-3-13-39(14-4-1)49-50(40-25-19-37(20-26-40)38-21-27-42(28-22-38)54-58-57-53(59-54)41-15-5-2-6-16-41)56-52-48(46-30-24-36-12-8-10-18-44(36)34-46)32-31-47(51(52)55-49)45-29-23-35-11-7-9-17-43(35)33-45/h1-34H. The van der Waals surface area contributed by atoms with Crippen molar-refractivity contribution >= 4 is 32.6 Å². The Hall–Kier alpha value is -8.02. The van der Waals surface area contributed by atoms with Crippen LogP contribution in [0.25, 0.3) is 111 Å². The van der Waals surface area contributed by atoms with Crippen molar-refractivity contribution in [2.75, 3.05) is 0 Å². The molecule has 0 atom stereocenters. The van der Waals surface area contributed by atoms with Gasteiger partial charge in [-0.1, -0.05) is 170 Å². The summed E-state index contributed by atoms with van der Waals surface area (Å²) in [5.41, 5.74) is 13.6. The highest BCUT2D eigenvalue weighted by atomic mass is 16.4. The first-order valence-electron chi connectivity index (χ1n) is 19.7. The Balaban J connectivity index is 1.04. The van der Waals surface area contributed by atoms with Crippen molar-refractivity contribution < 1.29 is 4.42 Å². The van der Waals surface area contributed by atoms with E-state index in [0.29, 0.717) is 11.8 Å². The second-order valence-electron chi connectivity index (χ2n) is 14.7. The number of hydrogen-bond acceptors (Lipinski definition) is 5. The molecule has 5 nitrogen and oxygen atoms in total. The quantitative estimate of drug-likeness (QED) is 0.162. The second kappa shape index (κ2) is 14.5. The van der Waals surface area contributed by atoms with Gasteiger partial charge in [0.05, 0.1) is 22.4 Å². The van der Waals surface area contributed by atoms with E-state index >= 15 is 0 Å². The summed E-state index contributed by atoms with van der Waals surface area (Å²) in [6.45, 7) is 0. The normalized spacial score (nSPS) is 11.4.